The lowest BCUT2D eigenvalue weighted by molar-refractivity contribution is -0.148. The first kappa shape index (κ1) is 21.7. The van der Waals surface area contributed by atoms with Gasteiger partial charge < -0.3 is 10.1 Å². The molecule has 0 bridgehead atoms. The first-order valence-corrected chi connectivity index (χ1v) is 10.2. The van der Waals surface area contributed by atoms with E-state index in [9.17, 15) is 19.2 Å². The fourth-order valence-electron chi connectivity index (χ4n) is 3.76. The van der Waals surface area contributed by atoms with Crippen LogP contribution in [0, 0.1) is 11.8 Å². The van der Waals surface area contributed by atoms with Crippen LogP contribution in [0.3, 0.4) is 0 Å². The van der Waals surface area contributed by atoms with Crippen molar-refractivity contribution in [2.24, 2.45) is 11.8 Å². The summed E-state index contributed by atoms with van der Waals surface area (Å²) < 4.78 is 4.99. The largest absolute Gasteiger partial charge is 0.456 e. The monoisotopic (exact) mass is 412 g/mol. The van der Waals surface area contributed by atoms with Gasteiger partial charge in [0.2, 0.25) is 11.8 Å². The number of carbonyl (C=O) groups excluding carboxylic acids is 4. The number of amides is 3. The second-order valence-corrected chi connectivity index (χ2v) is 8.77. The molecule has 0 saturated carbocycles. The van der Waals surface area contributed by atoms with E-state index in [0.717, 1.165) is 10.5 Å². The average Bonchev–Trinajstić information content (AvgIpc) is 2.95. The number of esters is 1. The molecular weight excluding hydrogens is 384 g/mol. The van der Waals surface area contributed by atoms with E-state index in [1.54, 1.807) is 12.1 Å². The van der Waals surface area contributed by atoms with Crippen LogP contribution in [0.25, 0.3) is 0 Å². The van der Waals surface area contributed by atoms with Gasteiger partial charge in [0, 0.05) is 12.2 Å². The second kappa shape index (κ2) is 8.81. The summed E-state index contributed by atoms with van der Waals surface area (Å²) in [7, 11) is 0. The minimum Gasteiger partial charge on any atom is -0.456 e. The van der Waals surface area contributed by atoms with Crippen LogP contribution in [-0.4, -0.2) is 41.7 Å². The maximum atomic E-state index is 12.4. The van der Waals surface area contributed by atoms with Crippen LogP contribution < -0.4 is 5.32 Å². The van der Waals surface area contributed by atoms with Crippen LogP contribution in [0.4, 0.5) is 5.69 Å². The fourth-order valence-corrected chi connectivity index (χ4v) is 3.76. The van der Waals surface area contributed by atoms with Crippen LogP contribution in [0.1, 0.15) is 45.6 Å². The molecule has 3 rings (SSSR count). The summed E-state index contributed by atoms with van der Waals surface area (Å²) in [5.41, 5.74) is 1.78. The lowest BCUT2D eigenvalue weighted by Crippen LogP contribution is -2.33. The van der Waals surface area contributed by atoms with Crippen LogP contribution in [0.15, 0.2) is 36.4 Å². The highest BCUT2D eigenvalue weighted by Crippen LogP contribution is 2.35. The fraction of sp³-hybridized carbons (Fsp3) is 0.478. The predicted octanol–water partition coefficient (Wildman–Crippen LogP) is 2.81. The Kier molecular flexibility index (Phi) is 6.39. The summed E-state index contributed by atoms with van der Waals surface area (Å²) in [6.45, 7) is 5.88. The standard InChI is InChI=1S/C23H28N2O5/c1-23(2,3)15-8-10-16(11-9-15)24-19(26)14-30-20(27)12-13-25-21(28)17-6-4-5-7-18(17)22(25)29/h4-5,8-11,17-18H,6-7,12-14H2,1-3H3,(H,24,26)/t17-,18+. The first-order chi connectivity index (χ1) is 14.2. The number of benzene rings is 1. The molecule has 1 saturated heterocycles. The zero-order valence-corrected chi connectivity index (χ0v) is 17.6. The molecule has 0 spiro atoms. The smallest absolute Gasteiger partial charge is 0.308 e. The topological polar surface area (TPSA) is 92.8 Å². The highest BCUT2D eigenvalue weighted by atomic mass is 16.5. The predicted molar refractivity (Wildman–Crippen MR) is 111 cm³/mol. The zero-order valence-electron chi connectivity index (χ0n) is 17.6. The molecular formula is C23H28N2O5. The number of ether oxygens (including phenoxy) is 1. The number of nitrogens with zero attached hydrogens (tertiary/aromatic N) is 1. The minimum atomic E-state index is -0.623. The van der Waals surface area contributed by atoms with E-state index >= 15 is 0 Å². The number of allylic oxidation sites excluding steroid dienone is 2. The average molecular weight is 412 g/mol. The summed E-state index contributed by atoms with van der Waals surface area (Å²) in [4.78, 5) is 49.9. The van der Waals surface area contributed by atoms with Crippen LogP contribution in [0.5, 0.6) is 0 Å². The van der Waals surface area contributed by atoms with E-state index < -0.39 is 18.5 Å². The van der Waals surface area contributed by atoms with Gasteiger partial charge in [0.1, 0.15) is 0 Å². The van der Waals surface area contributed by atoms with E-state index in [1.165, 1.54) is 0 Å². The summed E-state index contributed by atoms with van der Waals surface area (Å²) in [5, 5.41) is 2.68. The Morgan fingerprint density at radius 3 is 2.13 bits per heavy atom. The molecule has 1 fully saturated rings. The van der Waals surface area contributed by atoms with E-state index in [4.69, 9.17) is 4.74 Å². The molecule has 2 atom stereocenters. The first-order valence-electron chi connectivity index (χ1n) is 10.2. The lowest BCUT2D eigenvalue weighted by Gasteiger charge is -2.19. The zero-order chi connectivity index (χ0) is 21.9. The van der Waals surface area contributed by atoms with Crippen LogP contribution in [-0.2, 0) is 29.3 Å². The third-order valence-electron chi connectivity index (χ3n) is 5.54. The summed E-state index contributed by atoms with van der Waals surface area (Å²) in [6, 6.07) is 7.50. The van der Waals surface area contributed by atoms with E-state index in [0.29, 0.717) is 18.5 Å². The number of hydrogen-bond acceptors (Lipinski definition) is 5. The lowest BCUT2D eigenvalue weighted by atomic mass is 9.85. The Morgan fingerprint density at radius 2 is 1.60 bits per heavy atom. The molecule has 160 valence electrons. The van der Waals surface area contributed by atoms with Crippen molar-refractivity contribution in [2.75, 3.05) is 18.5 Å². The van der Waals surface area contributed by atoms with Gasteiger partial charge in [0.15, 0.2) is 6.61 Å². The Balaban J connectivity index is 1.42. The molecule has 1 aliphatic carbocycles. The Labute approximate surface area is 176 Å². The molecule has 3 amide bonds. The van der Waals surface area contributed by atoms with Gasteiger partial charge in [-0.05, 0) is 36.0 Å². The summed E-state index contributed by atoms with van der Waals surface area (Å²) >= 11 is 0. The number of rotatable bonds is 6. The number of hydrogen-bond donors (Lipinski definition) is 1. The number of imide groups is 1. The molecule has 1 aromatic carbocycles. The Hall–Kier alpha value is -2.96. The van der Waals surface area contributed by atoms with Crippen LogP contribution >= 0.6 is 0 Å². The van der Waals surface area contributed by atoms with E-state index in [-0.39, 0.29) is 42.0 Å². The molecule has 0 aromatic heterocycles. The summed E-state index contributed by atoms with van der Waals surface area (Å²) in [6.07, 6.45) is 4.83. The molecule has 30 heavy (non-hydrogen) atoms. The third-order valence-corrected chi connectivity index (χ3v) is 5.54. The third kappa shape index (κ3) is 4.96. The van der Waals surface area contributed by atoms with Crippen molar-refractivity contribution in [3.63, 3.8) is 0 Å². The number of likely N-dealkylation sites (tertiary alicyclic amines) is 1. The van der Waals surface area contributed by atoms with Crippen molar-refractivity contribution in [3.8, 4) is 0 Å². The van der Waals surface area contributed by atoms with Crippen LogP contribution in [0.2, 0.25) is 0 Å². The SMILES string of the molecule is CC(C)(C)c1ccc(NC(=O)COC(=O)CCN2C(=O)[C@H]3CC=CC[C@H]3C2=O)cc1. The van der Waals surface area contributed by atoms with Gasteiger partial charge in [-0.1, -0.05) is 45.1 Å². The summed E-state index contributed by atoms with van der Waals surface area (Å²) in [5.74, 6) is -2.14. The second-order valence-electron chi connectivity index (χ2n) is 8.77. The van der Waals surface area contributed by atoms with Gasteiger partial charge in [-0.2, -0.15) is 0 Å². The maximum absolute atomic E-state index is 12.4. The normalized spacial score (nSPS) is 20.8. The van der Waals surface area contributed by atoms with Crippen molar-refractivity contribution >= 4 is 29.4 Å². The highest BCUT2D eigenvalue weighted by molar-refractivity contribution is 6.05. The number of anilines is 1. The molecule has 1 aromatic rings. The van der Waals surface area contributed by atoms with Gasteiger partial charge in [0.25, 0.3) is 5.91 Å². The van der Waals surface area contributed by atoms with Crippen molar-refractivity contribution in [3.05, 3.63) is 42.0 Å². The molecule has 0 unspecified atom stereocenters. The quantitative estimate of drug-likeness (QED) is 0.441. The molecule has 1 heterocycles. The van der Waals surface area contributed by atoms with Gasteiger partial charge in [-0.25, -0.2) is 0 Å². The molecule has 0 radical (unpaired) electrons. The van der Waals surface area contributed by atoms with Gasteiger partial charge in [0.05, 0.1) is 18.3 Å². The number of fused-ring (bicyclic) bond motifs is 1. The van der Waals surface area contributed by atoms with E-state index in [1.807, 2.05) is 24.3 Å². The van der Waals surface area contributed by atoms with Crippen molar-refractivity contribution in [2.45, 2.75) is 45.4 Å². The van der Waals surface area contributed by atoms with E-state index in [2.05, 4.69) is 26.1 Å². The minimum absolute atomic E-state index is 0.0145. The molecule has 7 nitrogen and oxygen atoms in total. The molecule has 7 heteroatoms. The maximum Gasteiger partial charge on any atom is 0.308 e. The van der Waals surface area contributed by atoms with Crippen molar-refractivity contribution < 1.29 is 23.9 Å². The van der Waals surface area contributed by atoms with Crippen molar-refractivity contribution in [1.82, 2.24) is 4.90 Å². The number of carbonyl (C=O) groups is 4. The van der Waals surface area contributed by atoms with Gasteiger partial charge >= 0.3 is 5.97 Å². The molecule has 2 aliphatic rings. The molecule has 1 aliphatic heterocycles. The number of nitrogens with one attached hydrogen (secondary N) is 1. The van der Waals surface area contributed by atoms with Gasteiger partial charge in [-0.15, -0.1) is 0 Å². The molecule has 1 N–H and O–H groups in total. The highest BCUT2D eigenvalue weighted by Gasteiger charge is 2.46. The Morgan fingerprint density at radius 1 is 1.03 bits per heavy atom. The van der Waals surface area contributed by atoms with Crippen molar-refractivity contribution in [1.29, 1.82) is 0 Å². The van der Waals surface area contributed by atoms with Gasteiger partial charge in [-0.3, -0.25) is 24.1 Å². The Bertz CT molecular complexity index is 841.